The smallest absolute Gasteiger partial charge is 0.204 e. The Morgan fingerprint density at radius 3 is 2.12 bits per heavy atom. The highest BCUT2D eigenvalue weighted by Gasteiger charge is 2.23. The van der Waals surface area contributed by atoms with Crippen LogP contribution in [0.15, 0.2) is 18.2 Å². The number of ether oxygens (including phenoxy) is 3. The Bertz CT molecular complexity index is 399. The highest BCUT2D eigenvalue weighted by molar-refractivity contribution is 5.51. The normalized spacial score (nSPS) is 10.5. The standard InChI is InChI=1S/C13H17NO3/c1-13(2,8-9-14)17-12-10(15-3)6-5-7-11(12)16-4/h5-7H,8H2,1-4H3. The van der Waals surface area contributed by atoms with E-state index in [2.05, 4.69) is 6.07 Å². The lowest BCUT2D eigenvalue weighted by molar-refractivity contribution is 0.105. The average molecular weight is 235 g/mol. The number of rotatable bonds is 5. The molecule has 17 heavy (non-hydrogen) atoms. The Kier molecular flexibility index (Phi) is 4.22. The lowest BCUT2D eigenvalue weighted by atomic mass is 10.1. The van der Waals surface area contributed by atoms with Crippen molar-refractivity contribution < 1.29 is 14.2 Å². The van der Waals surface area contributed by atoms with Crippen LogP contribution >= 0.6 is 0 Å². The van der Waals surface area contributed by atoms with Gasteiger partial charge in [-0.2, -0.15) is 5.26 Å². The first-order chi connectivity index (χ1) is 8.04. The first-order valence-corrected chi connectivity index (χ1v) is 5.31. The molecule has 0 aliphatic heterocycles. The van der Waals surface area contributed by atoms with Gasteiger partial charge in [0.1, 0.15) is 5.60 Å². The Labute approximate surface area is 102 Å². The zero-order chi connectivity index (χ0) is 12.9. The molecular weight excluding hydrogens is 218 g/mol. The molecule has 0 aliphatic rings. The van der Waals surface area contributed by atoms with Crippen molar-refractivity contribution in [3.63, 3.8) is 0 Å². The van der Waals surface area contributed by atoms with Gasteiger partial charge in [-0.05, 0) is 26.0 Å². The highest BCUT2D eigenvalue weighted by atomic mass is 16.5. The molecule has 0 radical (unpaired) electrons. The lowest BCUT2D eigenvalue weighted by Crippen LogP contribution is -2.27. The molecule has 0 aromatic heterocycles. The summed E-state index contributed by atoms with van der Waals surface area (Å²) in [6.45, 7) is 3.70. The highest BCUT2D eigenvalue weighted by Crippen LogP contribution is 2.39. The summed E-state index contributed by atoms with van der Waals surface area (Å²) < 4.78 is 16.3. The Morgan fingerprint density at radius 1 is 1.18 bits per heavy atom. The Hall–Kier alpha value is -1.89. The van der Waals surface area contributed by atoms with Crippen LogP contribution in [0, 0.1) is 11.3 Å². The summed E-state index contributed by atoms with van der Waals surface area (Å²) in [5.41, 5.74) is -0.587. The van der Waals surface area contributed by atoms with E-state index in [1.54, 1.807) is 26.4 Å². The summed E-state index contributed by atoms with van der Waals surface area (Å²) in [6.07, 6.45) is 0.286. The number of hydrogen-bond donors (Lipinski definition) is 0. The summed E-state index contributed by atoms with van der Waals surface area (Å²) in [4.78, 5) is 0. The summed E-state index contributed by atoms with van der Waals surface area (Å²) in [5.74, 6) is 1.71. The molecule has 0 fully saturated rings. The molecule has 4 heteroatoms. The predicted molar refractivity (Wildman–Crippen MR) is 64.5 cm³/mol. The van der Waals surface area contributed by atoms with Gasteiger partial charge in [0, 0.05) is 0 Å². The zero-order valence-corrected chi connectivity index (χ0v) is 10.6. The van der Waals surface area contributed by atoms with E-state index in [1.807, 2.05) is 19.9 Å². The largest absolute Gasteiger partial charge is 0.493 e. The van der Waals surface area contributed by atoms with Crippen molar-refractivity contribution in [1.29, 1.82) is 5.26 Å². The predicted octanol–water partition coefficient (Wildman–Crippen LogP) is 2.77. The third-order valence-corrected chi connectivity index (χ3v) is 2.27. The second-order valence-electron chi connectivity index (χ2n) is 4.19. The van der Waals surface area contributed by atoms with Gasteiger partial charge in [-0.3, -0.25) is 0 Å². The van der Waals surface area contributed by atoms with Crippen molar-refractivity contribution in [2.24, 2.45) is 0 Å². The van der Waals surface area contributed by atoms with Gasteiger partial charge in [-0.15, -0.1) is 0 Å². The second kappa shape index (κ2) is 5.44. The monoisotopic (exact) mass is 235 g/mol. The van der Waals surface area contributed by atoms with E-state index in [0.717, 1.165) is 0 Å². The van der Waals surface area contributed by atoms with E-state index in [0.29, 0.717) is 17.2 Å². The van der Waals surface area contributed by atoms with Crippen LogP contribution in [0.3, 0.4) is 0 Å². The maximum absolute atomic E-state index is 8.74. The van der Waals surface area contributed by atoms with Gasteiger partial charge in [-0.25, -0.2) is 0 Å². The minimum absolute atomic E-state index is 0.286. The number of hydrogen-bond acceptors (Lipinski definition) is 4. The van der Waals surface area contributed by atoms with Crippen LogP contribution in [0.2, 0.25) is 0 Å². The molecule has 1 aromatic carbocycles. The van der Waals surface area contributed by atoms with Gasteiger partial charge in [0.05, 0.1) is 26.7 Å². The number of para-hydroxylation sites is 1. The van der Waals surface area contributed by atoms with Gasteiger partial charge in [0.15, 0.2) is 11.5 Å². The van der Waals surface area contributed by atoms with Crippen molar-refractivity contribution in [2.75, 3.05) is 14.2 Å². The number of nitriles is 1. The van der Waals surface area contributed by atoms with Crippen LogP contribution in [-0.2, 0) is 0 Å². The molecule has 0 N–H and O–H groups in total. The Morgan fingerprint density at radius 2 is 1.71 bits per heavy atom. The van der Waals surface area contributed by atoms with Gasteiger partial charge >= 0.3 is 0 Å². The third-order valence-electron chi connectivity index (χ3n) is 2.27. The van der Waals surface area contributed by atoms with Crippen LogP contribution in [0.4, 0.5) is 0 Å². The number of benzene rings is 1. The van der Waals surface area contributed by atoms with Crippen LogP contribution < -0.4 is 14.2 Å². The summed E-state index contributed by atoms with van der Waals surface area (Å²) in [6, 6.07) is 7.50. The molecule has 0 saturated carbocycles. The first-order valence-electron chi connectivity index (χ1n) is 5.31. The summed E-state index contributed by atoms with van der Waals surface area (Å²) >= 11 is 0. The van der Waals surface area contributed by atoms with E-state index < -0.39 is 5.60 Å². The van der Waals surface area contributed by atoms with E-state index in [-0.39, 0.29) is 6.42 Å². The molecule has 0 unspecified atom stereocenters. The molecular formula is C13H17NO3. The molecule has 0 atom stereocenters. The SMILES string of the molecule is COc1cccc(OC)c1OC(C)(C)CC#N. The first kappa shape index (κ1) is 13.2. The fourth-order valence-corrected chi connectivity index (χ4v) is 1.42. The molecule has 0 amide bonds. The average Bonchev–Trinajstić information content (AvgIpc) is 2.28. The molecule has 1 rings (SSSR count). The molecule has 0 heterocycles. The molecule has 0 spiro atoms. The van der Waals surface area contributed by atoms with E-state index in [9.17, 15) is 0 Å². The van der Waals surface area contributed by atoms with Crippen LogP contribution in [-0.4, -0.2) is 19.8 Å². The fraction of sp³-hybridized carbons (Fsp3) is 0.462. The van der Waals surface area contributed by atoms with Gasteiger partial charge < -0.3 is 14.2 Å². The minimum Gasteiger partial charge on any atom is -0.493 e. The van der Waals surface area contributed by atoms with Crippen LogP contribution in [0.25, 0.3) is 0 Å². The van der Waals surface area contributed by atoms with Gasteiger partial charge in [0.25, 0.3) is 0 Å². The van der Waals surface area contributed by atoms with E-state index in [1.165, 1.54) is 0 Å². The molecule has 0 bridgehead atoms. The maximum atomic E-state index is 8.74. The van der Waals surface area contributed by atoms with Crippen molar-refractivity contribution in [1.82, 2.24) is 0 Å². The molecule has 92 valence electrons. The summed E-state index contributed by atoms with van der Waals surface area (Å²) in [5, 5.41) is 8.74. The second-order valence-corrected chi connectivity index (χ2v) is 4.19. The number of methoxy groups -OCH3 is 2. The van der Waals surface area contributed by atoms with Crippen LogP contribution in [0.5, 0.6) is 17.2 Å². The van der Waals surface area contributed by atoms with Crippen molar-refractivity contribution >= 4 is 0 Å². The third kappa shape index (κ3) is 3.28. The van der Waals surface area contributed by atoms with Gasteiger partial charge in [0.2, 0.25) is 5.75 Å². The molecule has 0 saturated heterocycles. The number of nitrogens with zero attached hydrogens (tertiary/aromatic N) is 1. The summed E-state index contributed by atoms with van der Waals surface area (Å²) in [7, 11) is 3.14. The van der Waals surface area contributed by atoms with E-state index >= 15 is 0 Å². The van der Waals surface area contributed by atoms with Crippen molar-refractivity contribution in [3.8, 4) is 23.3 Å². The molecule has 1 aromatic rings. The zero-order valence-electron chi connectivity index (χ0n) is 10.6. The topological polar surface area (TPSA) is 51.5 Å². The molecule has 4 nitrogen and oxygen atoms in total. The van der Waals surface area contributed by atoms with Crippen molar-refractivity contribution in [2.45, 2.75) is 25.9 Å². The van der Waals surface area contributed by atoms with Crippen LogP contribution in [0.1, 0.15) is 20.3 Å². The maximum Gasteiger partial charge on any atom is 0.204 e. The van der Waals surface area contributed by atoms with Crippen molar-refractivity contribution in [3.05, 3.63) is 18.2 Å². The molecule has 0 aliphatic carbocycles. The quantitative estimate of drug-likeness (QED) is 0.787. The minimum atomic E-state index is -0.587. The van der Waals surface area contributed by atoms with E-state index in [4.69, 9.17) is 19.5 Å². The lowest BCUT2D eigenvalue weighted by Gasteiger charge is -2.25. The van der Waals surface area contributed by atoms with Gasteiger partial charge in [-0.1, -0.05) is 6.07 Å². The fourth-order valence-electron chi connectivity index (χ4n) is 1.42. The Balaban J connectivity index is 3.08.